The van der Waals surface area contributed by atoms with Crippen LogP contribution in [0.3, 0.4) is 0 Å². The number of aliphatic hydroxyl groups is 1. The number of halogens is 1. The van der Waals surface area contributed by atoms with E-state index in [1.54, 1.807) is 36.3 Å². The Hall–Kier alpha value is -1.46. The minimum Gasteiger partial charge on any atom is -0.386 e. The van der Waals surface area contributed by atoms with Crippen molar-refractivity contribution in [2.45, 2.75) is 12.5 Å². The third-order valence-corrected chi connectivity index (χ3v) is 2.47. The molecule has 0 aliphatic carbocycles. The van der Waals surface area contributed by atoms with Crippen LogP contribution in [0.5, 0.6) is 0 Å². The number of aliphatic hydroxyl groups excluding tert-OH is 1. The lowest BCUT2D eigenvalue weighted by Gasteiger charge is -2.09. The van der Waals surface area contributed by atoms with Gasteiger partial charge in [-0.05, 0) is 12.1 Å². The largest absolute Gasteiger partial charge is 0.386 e. The minimum atomic E-state index is -0.759. The molecule has 16 heavy (non-hydrogen) atoms. The molecule has 0 bridgehead atoms. The Morgan fingerprint density at radius 1 is 1.56 bits per heavy atom. The van der Waals surface area contributed by atoms with Crippen molar-refractivity contribution in [3.8, 4) is 0 Å². The molecule has 1 N–H and O–H groups in total. The highest BCUT2D eigenvalue weighted by atomic mass is 35.5. The van der Waals surface area contributed by atoms with Gasteiger partial charge in [0, 0.05) is 25.9 Å². The van der Waals surface area contributed by atoms with Crippen LogP contribution >= 0.6 is 11.6 Å². The van der Waals surface area contributed by atoms with Crippen molar-refractivity contribution in [1.29, 1.82) is 0 Å². The molecule has 0 aliphatic rings. The van der Waals surface area contributed by atoms with Gasteiger partial charge in [0.15, 0.2) is 0 Å². The summed E-state index contributed by atoms with van der Waals surface area (Å²) in [4.78, 5) is 4.04. The molecule has 1 unspecified atom stereocenters. The molecule has 6 heteroatoms. The highest BCUT2D eigenvalue weighted by Crippen LogP contribution is 2.22. The van der Waals surface area contributed by atoms with Crippen molar-refractivity contribution in [3.05, 3.63) is 40.9 Å². The maximum Gasteiger partial charge on any atom is 0.103 e. The first kappa shape index (κ1) is 11.0. The van der Waals surface area contributed by atoms with Crippen molar-refractivity contribution in [2.75, 3.05) is 0 Å². The molecule has 0 amide bonds. The maximum atomic E-state index is 9.94. The van der Waals surface area contributed by atoms with Crippen LogP contribution in [0.15, 0.2) is 24.5 Å². The highest BCUT2D eigenvalue weighted by Gasteiger charge is 2.14. The normalized spacial score (nSPS) is 12.7. The van der Waals surface area contributed by atoms with Crippen LogP contribution in [-0.2, 0) is 13.5 Å². The molecule has 2 aromatic rings. The van der Waals surface area contributed by atoms with E-state index in [1.165, 1.54) is 0 Å². The SMILES string of the molecule is Cn1cc(CC(O)c2ncccc2Cl)nn1. The highest BCUT2D eigenvalue weighted by molar-refractivity contribution is 6.31. The fraction of sp³-hybridized carbons (Fsp3) is 0.300. The van der Waals surface area contributed by atoms with Crippen molar-refractivity contribution < 1.29 is 5.11 Å². The van der Waals surface area contributed by atoms with Gasteiger partial charge in [-0.2, -0.15) is 0 Å². The molecule has 0 aromatic carbocycles. The van der Waals surface area contributed by atoms with E-state index in [1.807, 2.05) is 0 Å². The topological polar surface area (TPSA) is 63.8 Å². The first-order chi connectivity index (χ1) is 7.66. The van der Waals surface area contributed by atoms with E-state index >= 15 is 0 Å². The molecular weight excluding hydrogens is 228 g/mol. The second-order valence-electron chi connectivity index (χ2n) is 3.47. The zero-order valence-corrected chi connectivity index (χ0v) is 9.46. The van der Waals surface area contributed by atoms with E-state index in [2.05, 4.69) is 15.3 Å². The van der Waals surface area contributed by atoms with Gasteiger partial charge in [0.25, 0.3) is 0 Å². The minimum absolute atomic E-state index is 0.352. The monoisotopic (exact) mass is 238 g/mol. The number of aromatic nitrogens is 4. The molecule has 2 aromatic heterocycles. The molecule has 84 valence electrons. The average molecular weight is 239 g/mol. The summed E-state index contributed by atoms with van der Waals surface area (Å²) < 4.78 is 1.59. The van der Waals surface area contributed by atoms with E-state index in [0.717, 1.165) is 0 Å². The molecule has 5 nitrogen and oxygen atoms in total. The number of pyridine rings is 1. The summed E-state index contributed by atoms with van der Waals surface area (Å²) in [7, 11) is 1.77. The molecule has 0 radical (unpaired) electrons. The molecule has 0 saturated carbocycles. The van der Waals surface area contributed by atoms with Crippen molar-refractivity contribution in [1.82, 2.24) is 20.0 Å². The fourth-order valence-electron chi connectivity index (χ4n) is 1.43. The number of rotatable bonds is 3. The molecular formula is C10H11ClN4O. The van der Waals surface area contributed by atoms with Gasteiger partial charge in [-0.3, -0.25) is 9.67 Å². The van der Waals surface area contributed by atoms with E-state index in [-0.39, 0.29) is 0 Å². The Bertz CT molecular complexity index is 485. The molecule has 0 saturated heterocycles. The summed E-state index contributed by atoms with van der Waals surface area (Å²) in [6, 6.07) is 3.42. The molecule has 0 spiro atoms. The van der Waals surface area contributed by atoms with Crippen LogP contribution in [0.2, 0.25) is 5.02 Å². The molecule has 2 rings (SSSR count). The van der Waals surface area contributed by atoms with Gasteiger partial charge in [0.2, 0.25) is 0 Å². The zero-order valence-electron chi connectivity index (χ0n) is 8.71. The molecule has 1 atom stereocenters. The van der Waals surface area contributed by atoms with E-state index < -0.39 is 6.10 Å². The van der Waals surface area contributed by atoms with Gasteiger partial charge < -0.3 is 5.11 Å². The van der Waals surface area contributed by atoms with Crippen LogP contribution in [0.25, 0.3) is 0 Å². The summed E-state index contributed by atoms with van der Waals surface area (Å²) >= 11 is 5.93. The predicted molar refractivity (Wildman–Crippen MR) is 58.9 cm³/mol. The summed E-state index contributed by atoms with van der Waals surface area (Å²) in [5, 5.41) is 18.1. The molecule has 2 heterocycles. The van der Waals surface area contributed by atoms with Gasteiger partial charge in [-0.15, -0.1) is 5.10 Å². The standard InChI is InChI=1S/C10H11ClN4O/c1-15-6-7(13-14-15)5-9(16)10-8(11)3-2-4-12-10/h2-4,6,9,16H,5H2,1H3. The Morgan fingerprint density at radius 2 is 2.38 bits per heavy atom. The van der Waals surface area contributed by atoms with E-state index in [0.29, 0.717) is 22.8 Å². The number of hydrogen-bond acceptors (Lipinski definition) is 4. The number of aryl methyl sites for hydroxylation is 1. The lowest BCUT2D eigenvalue weighted by molar-refractivity contribution is 0.172. The average Bonchev–Trinajstić information content (AvgIpc) is 2.64. The molecule has 0 fully saturated rings. The van der Waals surface area contributed by atoms with Crippen molar-refractivity contribution in [3.63, 3.8) is 0 Å². The van der Waals surface area contributed by atoms with Crippen LogP contribution in [0.1, 0.15) is 17.5 Å². The Balaban J connectivity index is 2.14. The molecule has 0 aliphatic heterocycles. The van der Waals surface area contributed by atoms with E-state index in [9.17, 15) is 5.11 Å². The Kier molecular flexibility index (Phi) is 3.17. The summed E-state index contributed by atoms with van der Waals surface area (Å²) in [6.07, 6.45) is 2.94. The smallest absolute Gasteiger partial charge is 0.103 e. The second kappa shape index (κ2) is 4.59. The first-order valence-corrected chi connectivity index (χ1v) is 5.18. The number of nitrogens with zero attached hydrogens (tertiary/aromatic N) is 4. The van der Waals surface area contributed by atoms with E-state index in [4.69, 9.17) is 11.6 Å². The van der Waals surface area contributed by atoms with Gasteiger partial charge in [0.05, 0.1) is 16.4 Å². The lowest BCUT2D eigenvalue weighted by atomic mass is 10.1. The van der Waals surface area contributed by atoms with Gasteiger partial charge in [-0.1, -0.05) is 16.8 Å². The second-order valence-corrected chi connectivity index (χ2v) is 3.88. The van der Waals surface area contributed by atoms with Crippen LogP contribution in [0.4, 0.5) is 0 Å². The summed E-state index contributed by atoms with van der Waals surface area (Å²) in [5.41, 5.74) is 1.17. The van der Waals surface area contributed by atoms with Crippen LogP contribution in [0, 0.1) is 0 Å². The Labute approximate surface area is 97.7 Å². The summed E-state index contributed by atoms with van der Waals surface area (Å²) in [5.74, 6) is 0. The lowest BCUT2D eigenvalue weighted by Crippen LogP contribution is -2.05. The third kappa shape index (κ3) is 2.37. The van der Waals surface area contributed by atoms with Gasteiger partial charge in [0.1, 0.15) is 6.10 Å². The van der Waals surface area contributed by atoms with Crippen molar-refractivity contribution in [2.24, 2.45) is 7.05 Å². The fourth-order valence-corrected chi connectivity index (χ4v) is 1.67. The first-order valence-electron chi connectivity index (χ1n) is 4.80. The number of hydrogen-bond donors (Lipinski definition) is 1. The van der Waals surface area contributed by atoms with Crippen molar-refractivity contribution >= 4 is 11.6 Å². The summed E-state index contributed by atoms with van der Waals surface area (Å²) in [6.45, 7) is 0. The van der Waals surface area contributed by atoms with Gasteiger partial charge >= 0.3 is 0 Å². The van der Waals surface area contributed by atoms with Crippen LogP contribution in [-0.4, -0.2) is 25.1 Å². The zero-order chi connectivity index (χ0) is 11.5. The predicted octanol–water partition coefficient (Wildman–Crippen LogP) is 1.14. The van der Waals surface area contributed by atoms with Gasteiger partial charge in [-0.25, -0.2) is 0 Å². The maximum absolute atomic E-state index is 9.94. The quantitative estimate of drug-likeness (QED) is 0.871. The third-order valence-electron chi connectivity index (χ3n) is 2.16. The van der Waals surface area contributed by atoms with Crippen LogP contribution < -0.4 is 0 Å². The Morgan fingerprint density at radius 3 is 3.00 bits per heavy atom.